The van der Waals surface area contributed by atoms with Crippen LogP contribution >= 0.6 is 11.3 Å². The number of anilines is 1. The number of thiophene rings is 1. The van der Waals surface area contributed by atoms with Gasteiger partial charge in [-0.05, 0) is 43.6 Å². The Balaban J connectivity index is 2.02. The number of amides is 2. The lowest BCUT2D eigenvalue weighted by atomic mass is 10.1. The Labute approximate surface area is 164 Å². The molecule has 2 aromatic rings. The summed E-state index contributed by atoms with van der Waals surface area (Å²) in [5, 5.41) is 6.54. The number of carbonyl (C=O) groups excluding carboxylic acids is 2. The van der Waals surface area contributed by atoms with Crippen molar-refractivity contribution in [1.29, 1.82) is 0 Å². The van der Waals surface area contributed by atoms with Gasteiger partial charge in [0, 0.05) is 49.9 Å². The minimum absolute atomic E-state index is 0.0696. The average molecular weight is 390 g/mol. The zero-order chi connectivity index (χ0) is 19.8. The Kier molecular flexibility index (Phi) is 7.75. The third-order valence-corrected chi connectivity index (χ3v) is 4.85. The fraction of sp³-hybridized carbons (Fsp3) is 0.421. The van der Waals surface area contributed by atoms with Crippen molar-refractivity contribution in [3.05, 3.63) is 45.9 Å². The molecular weight excluding hydrogens is 362 g/mol. The summed E-state index contributed by atoms with van der Waals surface area (Å²) in [6.07, 6.45) is 1.90. The lowest BCUT2D eigenvalue weighted by Crippen LogP contribution is -2.42. The molecule has 0 fully saturated rings. The number of Topliss-reactive ketones (excluding diaryl/α,β-unsaturated/α-hetero) is 1. The molecule has 0 aliphatic rings. The third kappa shape index (κ3) is 6.33. The molecule has 8 heteroatoms. The van der Waals surface area contributed by atoms with Crippen LogP contribution in [0.2, 0.25) is 0 Å². The summed E-state index contributed by atoms with van der Waals surface area (Å²) < 4.78 is 0. The highest BCUT2D eigenvalue weighted by Gasteiger charge is 2.15. The topological polar surface area (TPSA) is 91.6 Å². The first-order valence-electron chi connectivity index (χ1n) is 8.86. The molecule has 2 heterocycles. The Hall–Kier alpha value is -2.45. The fourth-order valence-corrected chi connectivity index (χ4v) is 3.23. The number of hydrogen-bond donors (Lipinski definition) is 2. The van der Waals surface area contributed by atoms with Crippen LogP contribution in [0.25, 0.3) is 0 Å². The van der Waals surface area contributed by atoms with Crippen LogP contribution in [0.15, 0.2) is 29.1 Å². The number of nitrogen functional groups attached to an aromatic ring is 1. The van der Waals surface area contributed by atoms with E-state index in [2.05, 4.69) is 10.3 Å². The molecule has 0 radical (unpaired) electrons. The van der Waals surface area contributed by atoms with Gasteiger partial charge in [0.05, 0.1) is 0 Å². The number of ketones is 1. The van der Waals surface area contributed by atoms with Crippen molar-refractivity contribution in [2.45, 2.75) is 19.9 Å². The van der Waals surface area contributed by atoms with Crippen molar-refractivity contribution in [3.8, 4) is 0 Å². The van der Waals surface area contributed by atoms with Crippen molar-refractivity contribution in [3.63, 3.8) is 0 Å². The van der Waals surface area contributed by atoms with Crippen molar-refractivity contribution >= 4 is 28.8 Å². The van der Waals surface area contributed by atoms with Crippen molar-refractivity contribution in [2.24, 2.45) is 0 Å². The molecule has 7 nitrogen and oxygen atoms in total. The Morgan fingerprint density at radius 3 is 2.56 bits per heavy atom. The van der Waals surface area contributed by atoms with Gasteiger partial charge in [0.15, 0.2) is 5.78 Å². The predicted octanol–water partition coefficient (Wildman–Crippen LogP) is 2.24. The SMILES string of the molecule is CCNC(=O)N(CCN(C)C)Cc1ccc(C(=O)Cc2cscc2N)nc1. The fourth-order valence-electron chi connectivity index (χ4n) is 2.48. The van der Waals surface area contributed by atoms with Gasteiger partial charge in [-0.15, -0.1) is 11.3 Å². The van der Waals surface area contributed by atoms with Crippen LogP contribution in [-0.4, -0.2) is 60.3 Å². The standard InChI is InChI=1S/C19H27N5O2S/c1-4-21-19(26)24(8-7-23(2)3)11-14-5-6-17(22-10-14)18(25)9-15-12-27-13-16(15)20/h5-6,10,12-13H,4,7-9,11,20H2,1-3H3,(H,21,26). The van der Waals surface area contributed by atoms with E-state index in [4.69, 9.17) is 5.73 Å². The maximum Gasteiger partial charge on any atom is 0.317 e. The van der Waals surface area contributed by atoms with Crippen LogP contribution in [0.1, 0.15) is 28.5 Å². The molecule has 2 aromatic heterocycles. The molecule has 0 bridgehead atoms. The van der Waals surface area contributed by atoms with E-state index in [1.807, 2.05) is 42.7 Å². The zero-order valence-electron chi connectivity index (χ0n) is 16.1. The molecule has 2 amide bonds. The van der Waals surface area contributed by atoms with Crippen LogP contribution in [0, 0.1) is 0 Å². The second kappa shape index (κ2) is 10.0. The van der Waals surface area contributed by atoms with Crippen LogP contribution < -0.4 is 11.1 Å². The van der Waals surface area contributed by atoms with E-state index in [1.165, 1.54) is 11.3 Å². The number of likely N-dealkylation sites (N-methyl/N-ethyl adjacent to an activating group) is 1. The van der Waals surface area contributed by atoms with Crippen LogP contribution in [0.4, 0.5) is 10.5 Å². The number of nitrogens with zero attached hydrogens (tertiary/aromatic N) is 3. The number of pyridine rings is 1. The molecule has 0 saturated heterocycles. The lowest BCUT2D eigenvalue weighted by Gasteiger charge is -2.24. The average Bonchev–Trinajstić information content (AvgIpc) is 3.03. The molecule has 0 aliphatic carbocycles. The number of carbonyl (C=O) groups is 2. The predicted molar refractivity (Wildman–Crippen MR) is 109 cm³/mol. The Morgan fingerprint density at radius 1 is 1.22 bits per heavy atom. The van der Waals surface area contributed by atoms with E-state index < -0.39 is 0 Å². The minimum atomic E-state index is -0.104. The van der Waals surface area contributed by atoms with Gasteiger partial charge in [0.1, 0.15) is 5.69 Å². The molecule has 0 unspecified atom stereocenters. The van der Waals surface area contributed by atoms with E-state index in [-0.39, 0.29) is 18.2 Å². The van der Waals surface area contributed by atoms with Crippen LogP contribution in [0.5, 0.6) is 0 Å². The Morgan fingerprint density at radius 2 is 2.00 bits per heavy atom. The molecule has 0 aromatic carbocycles. The number of hydrogen-bond acceptors (Lipinski definition) is 6. The first-order chi connectivity index (χ1) is 12.9. The van der Waals surface area contributed by atoms with E-state index in [1.54, 1.807) is 17.2 Å². The van der Waals surface area contributed by atoms with Gasteiger partial charge in [-0.1, -0.05) is 6.07 Å². The van der Waals surface area contributed by atoms with Gasteiger partial charge in [-0.25, -0.2) is 4.79 Å². The maximum atomic E-state index is 12.4. The van der Waals surface area contributed by atoms with E-state index >= 15 is 0 Å². The largest absolute Gasteiger partial charge is 0.398 e. The number of aromatic nitrogens is 1. The summed E-state index contributed by atoms with van der Waals surface area (Å²) in [6.45, 7) is 4.29. The first kappa shape index (κ1) is 20.9. The van der Waals surface area contributed by atoms with Gasteiger partial charge in [-0.2, -0.15) is 0 Å². The van der Waals surface area contributed by atoms with E-state index in [0.717, 1.165) is 17.7 Å². The smallest absolute Gasteiger partial charge is 0.317 e. The van der Waals surface area contributed by atoms with Crippen molar-refractivity contribution in [2.75, 3.05) is 39.5 Å². The van der Waals surface area contributed by atoms with E-state index in [9.17, 15) is 9.59 Å². The highest BCUT2D eigenvalue weighted by Crippen LogP contribution is 2.19. The van der Waals surface area contributed by atoms with Gasteiger partial charge in [0.25, 0.3) is 0 Å². The Bertz CT molecular complexity index is 758. The molecule has 0 aliphatic heterocycles. The molecular formula is C19H27N5O2S. The number of urea groups is 1. The van der Waals surface area contributed by atoms with Crippen LogP contribution in [0.3, 0.4) is 0 Å². The monoisotopic (exact) mass is 389 g/mol. The second-order valence-corrected chi connectivity index (χ2v) is 7.31. The summed E-state index contributed by atoms with van der Waals surface area (Å²) in [4.78, 5) is 32.7. The molecule has 0 spiro atoms. The first-order valence-corrected chi connectivity index (χ1v) is 9.81. The second-order valence-electron chi connectivity index (χ2n) is 6.56. The third-order valence-electron chi connectivity index (χ3n) is 4.04. The maximum absolute atomic E-state index is 12.4. The minimum Gasteiger partial charge on any atom is -0.398 e. The summed E-state index contributed by atoms with van der Waals surface area (Å²) in [7, 11) is 3.94. The molecule has 27 heavy (non-hydrogen) atoms. The highest BCUT2D eigenvalue weighted by atomic mass is 32.1. The lowest BCUT2D eigenvalue weighted by molar-refractivity contribution is 0.0988. The highest BCUT2D eigenvalue weighted by molar-refractivity contribution is 7.08. The van der Waals surface area contributed by atoms with Gasteiger partial charge < -0.3 is 20.9 Å². The normalized spacial score (nSPS) is 10.8. The molecule has 0 saturated carbocycles. The summed E-state index contributed by atoms with van der Waals surface area (Å²) in [5.74, 6) is -0.0696. The number of nitrogens with two attached hydrogens (primary N) is 1. The van der Waals surface area contributed by atoms with Crippen molar-refractivity contribution < 1.29 is 9.59 Å². The molecule has 3 N–H and O–H groups in total. The quantitative estimate of drug-likeness (QED) is 0.642. The van der Waals surface area contributed by atoms with Gasteiger partial charge >= 0.3 is 6.03 Å². The zero-order valence-corrected chi connectivity index (χ0v) is 16.9. The summed E-state index contributed by atoms with van der Waals surface area (Å²) in [6, 6.07) is 3.45. The van der Waals surface area contributed by atoms with Gasteiger partial charge in [0.2, 0.25) is 0 Å². The van der Waals surface area contributed by atoms with Gasteiger partial charge in [-0.3, -0.25) is 9.78 Å². The summed E-state index contributed by atoms with van der Waals surface area (Å²) in [5.41, 5.74) is 8.60. The molecule has 146 valence electrons. The molecule has 0 atom stereocenters. The number of rotatable bonds is 9. The van der Waals surface area contributed by atoms with Crippen molar-refractivity contribution in [1.82, 2.24) is 20.1 Å². The molecule has 2 rings (SSSR count). The van der Waals surface area contributed by atoms with E-state index in [0.29, 0.717) is 31.0 Å². The number of nitrogens with one attached hydrogen (secondary N) is 1. The summed E-state index contributed by atoms with van der Waals surface area (Å²) >= 11 is 1.48. The van der Waals surface area contributed by atoms with Crippen LogP contribution in [-0.2, 0) is 13.0 Å².